The van der Waals surface area contributed by atoms with Crippen molar-refractivity contribution < 1.29 is 19.7 Å². The summed E-state index contributed by atoms with van der Waals surface area (Å²) in [5, 5.41) is 19.1. The minimum Gasteiger partial charge on any atom is -0.378 e. The van der Waals surface area contributed by atoms with Gasteiger partial charge in [-0.15, -0.1) is 0 Å². The molecule has 0 unspecified atom stereocenters. The molecule has 0 heterocycles. The lowest BCUT2D eigenvalue weighted by molar-refractivity contribution is -0.0696. The van der Waals surface area contributed by atoms with Crippen LogP contribution in [-0.4, -0.2) is 56.1 Å². The number of nitrogens with two attached hydrogens (primary N) is 1. The van der Waals surface area contributed by atoms with Crippen LogP contribution in [0.15, 0.2) is 0 Å². The minimum absolute atomic E-state index is 0.397. The first kappa shape index (κ1) is 12.8. The van der Waals surface area contributed by atoms with Crippen LogP contribution >= 0.6 is 0 Å². The fourth-order valence-electron chi connectivity index (χ4n) is 0.666. The van der Waals surface area contributed by atoms with E-state index < -0.39 is 6.41 Å². The Kier molecular flexibility index (Phi) is 9.66. The molecule has 13 heavy (non-hydrogen) atoms. The Morgan fingerprint density at radius 1 is 1.08 bits per heavy atom. The third-order valence-corrected chi connectivity index (χ3v) is 1.21. The van der Waals surface area contributed by atoms with Crippen LogP contribution in [0.5, 0.6) is 0 Å². The molecule has 6 heteroatoms. The highest BCUT2D eigenvalue weighted by molar-refractivity contribution is 4.40. The normalized spacial score (nSPS) is 11.1. The van der Waals surface area contributed by atoms with E-state index in [-0.39, 0.29) is 0 Å². The molecule has 0 aromatic heterocycles. The van der Waals surface area contributed by atoms with Crippen molar-refractivity contribution in [3.8, 4) is 0 Å². The highest BCUT2D eigenvalue weighted by Crippen LogP contribution is 1.77. The average molecular weight is 194 g/mol. The molecule has 0 amide bonds. The van der Waals surface area contributed by atoms with E-state index in [1.807, 2.05) is 0 Å². The molecule has 80 valence electrons. The fourth-order valence-corrected chi connectivity index (χ4v) is 0.666. The molecule has 0 aromatic carbocycles. The molecule has 0 saturated carbocycles. The van der Waals surface area contributed by atoms with E-state index in [0.29, 0.717) is 39.5 Å². The maximum Gasteiger partial charge on any atom is 0.211 e. The molecule has 0 aliphatic carbocycles. The summed E-state index contributed by atoms with van der Waals surface area (Å²) in [7, 11) is 0. The Labute approximate surface area is 77.6 Å². The smallest absolute Gasteiger partial charge is 0.211 e. The van der Waals surface area contributed by atoms with E-state index >= 15 is 0 Å². The Morgan fingerprint density at radius 3 is 2.23 bits per heavy atom. The van der Waals surface area contributed by atoms with E-state index in [0.717, 1.165) is 0 Å². The number of ether oxygens (including phenoxy) is 2. The molecule has 0 aromatic rings. The van der Waals surface area contributed by atoms with E-state index in [1.54, 1.807) is 0 Å². The third kappa shape index (κ3) is 11.8. The summed E-state index contributed by atoms with van der Waals surface area (Å²) >= 11 is 0. The maximum atomic E-state index is 8.38. The summed E-state index contributed by atoms with van der Waals surface area (Å²) in [5.41, 5.74) is 5.19. The summed E-state index contributed by atoms with van der Waals surface area (Å²) in [6.07, 6.45) is -1.47. The molecule has 6 nitrogen and oxygen atoms in total. The van der Waals surface area contributed by atoms with E-state index in [1.165, 1.54) is 0 Å². The van der Waals surface area contributed by atoms with Crippen LogP contribution < -0.4 is 11.1 Å². The van der Waals surface area contributed by atoms with Crippen molar-refractivity contribution in [1.82, 2.24) is 5.32 Å². The molecular weight excluding hydrogens is 176 g/mol. The highest BCUT2D eigenvalue weighted by atomic mass is 16.5. The van der Waals surface area contributed by atoms with Gasteiger partial charge in [0.05, 0.1) is 26.4 Å². The van der Waals surface area contributed by atoms with Gasteiger partial charge in [-0.25, -0.2) is 0 Å². The van der Waals surface area contributed by atoms with Gasteiger partial charge in [0, 0.05) is 13.1 Å². The van der Waals surface area contributed by atoms with E-state index in [2.05, 4.69) is 5.32 Å². The summed E-state index contributed by atoms with van der Waals surface area (Å²) in [5.74, 6) is 0. The zero-order valence-corrected chi connectivity index (χ0v) is 7.61. The molecule has 0 fully saturated rings. The molecule has 0 radical (unpaired) electrons. The Bertz CT molecular complexity index is 102. The Morgan fingerprint density at radius 2 is 1.69 bits per heavy atom. The number of hydrogen-bond donors (Lipinski definition) is 4. The average Bonchev–Trinajstić information content (AvgIpc) is 2.09. The quantitative estimate of drug-likeness (QED) is 0.246. The molecule has 0 bridgehead atoms. The predicted octanol–water partition coefficient (Wildman–Crippen LogP) is -2.16. The van der Waals surface area contributed by atoms with Crippen LogP contribution in [0.25, 0.3) is 0 Å². The van der Waals surface area contributed by atoms with Crippen molar-refractivity contribution in [1.29, 1.82) is 0 Å². The molecule has 0 spiro atoms. The van der Waals surface area contributed by atoms with Crippen LogP contribution in [0, 0.1) is 0 Å². The number of aliphatic hydroxyl groups excluding tert-OH is 1. The van der Waals surface area contributed by atoms with E-state index in [4.69, 9.17) is 25.4 Å². The van der Waals surface area contributed by atoms with Gasteiger partial charge in [-0.2, -0.15) is 0 Å². The van der Waals surface area contributed by atoms with Crippen LogP contribution in [0.2, 0.25) is 0 Å². The first-order chi connectivity index (χ1) is 6.27. The Balaban J connectivity index is 2.84. The molecule has 5 N–H and O–H groups in total. The van der Waals surface area contributed by atoms with Gasteiger partial charge in [0.1, 0.15) is 0 Å². The van der Waals surface area contributed by atoms with E-state index in [9.17, 15) is 0 Å². The van der Waals surface area contributed by atoms with Crippen molar-refractivity contribution in [3.05, 3.63) is 0 Å². The second kappa shape index (κ2) is 9.85. The SMILES string of the molecule is NCCOCCOCCNC(O)O. The summed E-state index contributed by atoms with van der Waals surface area (Å²) in [6.45, 7) is 2.87. The molecule has 0 aliphatic rings. The predicted molar refractivity (Wildman–Crippen MR) is 46.9 cm³/mol. The molecule has 0 saturated heterocycles. The van der Waals surface area contributed by atoms with Crippen molar-refractivity contribution in [2.75, 3.05) is 39.5 Å². The van der Waals surface area contributed by atoms with Gasteiger partial charge in [-0.05, 0) is 0 Å². The molecular formula is C7H18N2O4. The van der Waals surface area contributed by atoms with Gasteiger partial charge in [-0.3, -0.25) is 5.32 Å². The van der Waals surface area contributed by atoms with Crippen LogP contribution in [0.4, 0.5) is 0 Å². The lowest BCUT2D eigenvalue weighted by atomic mass is 10.6. The van der Waals surface area contributed by atoms with Crippen molar-refractivity contribution in [2.45, 2.75) is 6.41 Å². The number of nitrogens with one attached hydrogen (secondary N) is 1. The van der Waals surface area contributed by atoms with Crippen molar-refractivity contribution in [3.63, 3.8) is 0 Å². The van der Waals surface area contributed by atoms with Gasteiger partial charge < -0.3 is 25.4 Å². The standard InChI is InChI=1S/C7H18N2O4/c8-1-3-12-5-6-13-4-2-9-7(10)11/h7,9-11H,1-6,8H2. The van der Waals surface area contributed by atoms with Gasteiger partial charge >= 0.3 is 0 Å². The summed E-state index contributed by atoms with van der Waals surface area (Å²) in [4.78, 5) is 0. The summed E-state index contributed by atoms with van der Waals surface area (Å²) in [6, 6.07) is 0. The minimum atomic E-state index is -1.47. The van der Waals surface area contributed by atoms with Gasteiger partial charge in [0.2, 0.25) is 6.41 Å². The van der Waals surface area contributed by atoms with Crippen LogP contribution in [-0.2, 0) is 9.47 Å². The Hall–Kier alpha value is -0.240. The zero-order valence-electron chi connectivity index (χ0n) is 7.61. The molecule has 0 rings (SSSR count). The molecule has 0 atom stereocenters. The van der Waals surface area contributed by atoms with Gasteiger partial charge in [0.15, 0.2) is 0 Å². The van der Waals surface area contributed by atoms with Crippen molar-refractivity contribution >= 4 is 0 Å². The largest absolute Gasteiger partial charge is 0.378 e. The monoisotopic (exact) mass is 194 g/mol. The summed E-state index contributed by atoms with van der Waals surface area (Å²) < 4.78 is 10.1. The first-order valence-electron chi connectivity index (χ1n) is 4.22. The maximum absolute atomic E-state index is 8.38. The van der Waals surface area contributed by atoms with Gasteiger partial charge in [0.25, 0.3) is 0 Å². The second-order valence-electron chi connectivity index (χ2n) is 2.34. The lowest BCUT2D eigenvalue weighted by Crippen LogP contribution is -2.31. The van der Waals surface area contributed by atoms with Crippen molar-refractivity contribution in [2.24, 2.45) is 5.73 Å². The van der Waals surface area contributed by atoms with Crippen LogP contribution in [0.3, 0.4) is 0 Å². The number of hydrogen-bond acceptors (Lipinski definition) is 6. The zero-order chi connectivity index (χ0) is 9.94. The molecule has 0 aliphatic heterocycles. The highest BCUT2D eigenvalue weighted by Gasteiger charge is 1.93. The topological polar surface area (TPSA) is 97.0 Å². The van der Waals surface area contributed by atoms with Gasteiger partial charge in [-0.1, -0.05) is 0 Å². The first-order valence-corrected chi connectivity index (χ1v) is 4.22. The second-order valence-corrected chi connectivity index (χ2v) is 2.34. The third-order valence-electron chi connectivity index (χ3n) is 1.21. The van der Waals surface area contributed by atoms with Crippen LogP contribution in [0.1, 0.15) is 0 Å². The lowest BCUT2D eigenvalue weighted by Gasteiger charge is -2.07. The number of rotatable bonds is 9. The fraction of sp³-hybridized carbons (Fsp3) is 1.00. The number of aliphatic hydroxyl groups is 2.